The highest BCUT2D eigenvalue weighted by Crippen LogP contribution is 2.30. The summed E-state index contributed by atoms with van der Waals surface area (Å²) in [6.45, 7) is 0. The van der Waals surface area contributed by atoms with Crippen molar-refractivity contribution in [1.82, 2.24) is 4.98 Å². The van der Waals surface area contributed by atoms with E-state index in [1.807, 2.05) is 54.6 Å². The van der Waals surface area contributed by atoms with E-state index < -0.39 is 5.97 Å². The van der Waals surface area contributed by atoms with Crippen LogP contribution in [0.25, 0.3) is 28.5 Å². The first-order chi connectivity index (χ1) is 18.4. The number of allylic oxidation sites excluding steroid dienone is 1. The normalized spacial score (nSPS) is 10.5. The van der Waals surface area contributed by atoms with Crippen LogP contribution in [0, 0.1) is 0 Å². The number of aromatic carboxylic acids is 1. The molecule has 38 heavy (non-hydrogen) atoms. The predicted molar refractivity (Wildman–Crippen MR) is 148 cm³/mol. The van der Waals surface area contributed by atoms with Crippen molar-refractivity contribution in [1.29, 1.82) is 0 Å². The van der Waals surface area contributed by atoms with Crippen LogP contribution in [0.3, 0.4) is 0 Å². The first-order valence-electron chi connectivity index (χ1n) is 11.8. The summed E-state index contributed by atoms with van der Waals surface area (Å²) in [7, 11) is 0. The van der Waals surface area contributed by atoms with Gasteiger partial charge in [-0.25, -0.2) is 4.79 Å². The molecule has 0 spiro atoms. The number of hydrogen-bond acceptors (Lipinski definition) is 4. The molecule has 6 heteroatoms. The van der Waals surface area contributed by atoms with Crippen LogP contribution in [0.2, 0.25) is 0 Å². The summed E-state index contributed by atoms with van der Waals surface area (Å²) in [6, 6.07) is 33.6. The Morgan fingerprint density at radius 2 is 1.21 bits per heavy atom. The van der Waals surface area contributed by atoms with E-state index in [1.165, 1.54) is 18.2 Å². The fourth-order valence-corrected chi connectivity index (χ4v) is 3.72. The van der Waals surface area contributed by atoms with Gasteiger partial charge in [0.2, 0.25) is 0 Å². The largest absolute Gasteiger partial charge is 0.508 e. The van der Waals surface area contributed by atoms with E-state index in [0.29, 0.717) is 11.1 Å². The number of carboxylic acid groups (broad SMARTS) is 1. The lowest BCUT2D eigenvalue weighted by Gasteiger charge is -2.00. The number of aromatic amines is 1. The number of phenolic OH excluding ortho intramolecular Hbond substituents is 2. The number of aromatic nitrogens is 1. The third kappa shape index (κ3) is 6.65. The van der Waals surface area contributed by atoms with Crippen LogP contribution in [0.1, 0.15) is 26.4 Å². The summed E-state index contributed by atoms with van der Waals surface area (Å²) >= 11 is 0. The minimum atomic E-state index is -1.01. The molecule has 0 bridgehead atoms. The maximum absolute atomic E-state index is 11.7. The van der Waals surface area contributed by atoms with Gasteiger partial charge in [0.15, 0.2) is 5.78 Å². The molecule has 0 aliphatic heterocycles. The number of H-pyrrole nitrogens is 1. The van der Waals surface area contributed by atoms with Gasteiger partial charge in [-0.2, -0.15) is 0 Å². The number of hydrogen-bond donors (Lipinski definition) is 4. The van der Waals surface area contributed by atoms with Gasteiger partial charge < -0.3 is 20.3 Å². The average Bonchev–Trinajstić information content (AvgIpc) is 3.40. The van der Waals surface area contributed by atoms with Gasteiger partial charge in [-0.05, 0) is 53.1 Å². The van der Waals surface area contributed by atoms with Crippen LogP contribution < -0.4 is 0 Å². The standard InChI is InChI=1S/C17H13NO3.C15H12O2/c19-13-8-6-11(7-9-13)14-10-15(18-16(14)17(20)21)12-4-2-1-3-5-12;16-14-9-6-12(7-10-14)8-11-15(17)13-4-2-1-3-5-13/h1-10,18-19H,(H,20,21);1-11,16H/b;11-8+. The number of rotatable bonds is 6. The van der Waals surface area contributed by atoms with Gasteiger partial charge in [0.1, 0.15) is 17.2 Å². The summed E-state index contributed by atoms with van der Waals surface area (Å²) in [4.78, 5) is 26.1. The zero-order valence-corrected chi connectivity index (χ0v) is 20.3. The number of phenols is 2. The van der Waals surface area contributed by atoms with Gasteiger partial charge >= 0.3 is 5.97 Å². The molecule has 188 valence electrons. The molecule has 6 nitrogen and oxygen atoms in total. The first-order valence-corrected chi connectivity index (χ1v) is 11.8. The minimum Gasteiger partial charge on any atom is -0.508 e. The zero-order valence-electron chi connectivity index (χ0n) is 20.3. The molecule has 0 saturated heterocycles. The second kappa shape index (κ2) is 12.1. The third-order valence-electron chi connectivity index (χ3n) is 5.67. The molecule has 5 aromatic rings. The topological polar surface area (TPSA) is 111 Å². The molecule has 4 aromatic carbocycles. The molecule has 0 amide bonds. The smallest absolute Gasteiger partial charge is 0.352 e. The van der Waals surface area contributed by atoms with E-state index in [9.17, 15) is 19.8 Å². The molecule has 0 aliphatic carbocycles. The van der Waals surface area contributed by atoms with Crippen LogP contribution in [0.4, 0.5) is 0 Å². The van der Waals surface area contributed by atoms with Gasteiger partial charge in [-0.3, -0.25) is 4.79 Å². The van der Waals surface area contributed by atoms with Gasteiger partial charge in [0, 0.05) is 16.8 Å². The Hall–Kier alpha value is -5.36. The van der Waals surface area contributed by atoms with E-state index in [-0.39, 0.29) is 23.0 Å². The van der Waals surface area contributed by atoms with Gasteiger partial charge in [-0.1, -0.05) is 91.0 Å². The second-order valence-corrected chi connectivity index (χ2v) is 8.34. The Labute approximate surface area is 219 Å². The highest BCUT2D eigenvalue weighted by Gasteiger charge is 2.16. The van der Waals surface area contributed by atoms with E-state index in [0.717, 1.165) is 22.4 Å². The number of nitrogens with one attached hydrogen (secondary N) is 1. The number of benzene rings is 4. The Morgan fingerprint density at radius 1 is 0.658 bits per heavy atom. The molecule has 0 fully saturated rings. The SMILES string of the molecule is O=C(/C=C/c1ccc(O)cc1)c1ccccc1.O=C(O)c1[nH]c(-c2ccccc2)cc1-c1ccc(O)cc1. The summed E-state index contributed by atoms with van der Waals surface area (Å²) in [5.41, 5.74) is 4.69. The van der Waals surface area contributed by atoms with E-state index in [4.69, 9.17) is 5.11 Å². The van der Waals surface area contributed by atoms with Crippen molar-refractivity contribution in [3.8, 4) is 33.9 Å². The first kappa shape index (κ1) is 25.7. The van der Waals surface area contributed by atoms with Gasteiger partial charge in [-0.15, -0.1) is 0 Å². The molecule has 0 atom stereocenters. The third-order valence-corrected chi connectivity index (χ3v) is 5.67. The average molecular weight is 504 g/mol. The Bertz CT molecular complexity index is 1540. The zero-order chi connectivity index (χ0) is 26.9. The van der Waals surface area contributed by atoms with E-state index >= 15 is 0 Å². The fourth-order valence-electron chi connectivity index (χ4n) is 3.72. The number of carbonyl (C=O) groups excluding carboxylic acids is 1. The van der Waals surface area contributed by atoms with Crippen molar-refractivity contribution in [2.75, 3.05) is 0 Å². The number of aromatic hydroxyl groups is 2. The van der Waals surface area contributed by atoms with Crippen molar-refractivity contribution >= 4 is 17.8 Å². The van der Waals surface area contributed by atoms with E-state index in [2.05, 4.69) is 4.98 Å². The number of ketones is 1. The molecular weight excluding hydrogens is 478 g/mol. The van der Waals surface area contributed by atoms with Gasteiger partial charge in [0.25, 0.3) is 0 Å². The van der Waals surface area contributed by atoms with E-state index in [1.54, 1.807) is 54.6 Å². The fraction of sp³-hybridized carbons (Fsp3) is 0. The second-order valence-electron chi connectivity index (χ2n) is 8.34. The van der Waals surface area contributed by atoms with Crippen LogP contribution in [0.5, 0.6) is 11.5 Å². The molecule has 4 N–H and O–H groups in total. The highest BCUT2D eigenvalue weighted by atomic mass is 16.4. The minimum absolute atomic E-state index is 0.0290. The molecule has 1 heterocycles. The van der Waals surface area contributed by atoms with Crippen molar-refractivity contribution in [3.63, 3.8) is 0 Å². The molecule has 1 aromatic heterocycles. The van der Waals surface area contributed by atoms with Crippen molar-refractivity contribution < 1.29 is 24.9 Å². The van der Waals surface area contributed by atoms with Gasteiger partial charge in [0.05, 0.1) is 0 Å². The lowest BCUT2D eigenvalue weighted by atomic mass is 10.0. The molecule has 0 aliphatic rings. The van der Waals surface area contributed by atoms with Crippen LogP contribution in [0.15, 0.2) is 121 Å². The Kier molecular flexibility index (Phi) is 8.16. The lowest BCUT2D eigenvalue weighted by Crippen LogP contribution is -1.98. The van der Waals surface area contributed by atoms with Crippen LogP contribution in [-0.2, 0) is 0 Å². The maximum Gasteiger partial charge on any atom is 0.352 e. The summed E-state index contributed by atoms with van der Waals surface area (Å²) < 4.78 is 0. The summed E-state index contributed by atoms with van der Waals surface area (Å²) in [5, 5.41) is 27.8. The number of carbonyl (C=O) groups is 2. The molecule has 0 radical (unpaired) electrons. The summed E-state index contributed by atoms with van der Waals surface area (Å²) in [6.07, 6.45) is 3.26. The predicted octanol–water partition coefficient (Wildman–Crippen LogP) is 7.04. The molecule has 0 unspecified atom stereocenters. The monoisotopic (exact) mass is 503 g/mol. The van der Waals surface area contributed by atoms with Crippen LogP contribution in [-0.4, -0.2) is 32.1 Å². The van der Waals surface area contributed by atoms with Crippen molar-refractivity contribution in [2.24, 2.45) is 0 Å². The highest BCUT2D eigenvalue weighted by molar-refractivity contribution is 6.06. The maximum atomic E-state index is 11.7. The Balaban J connectivity index is 0.000000181. The summed E-state index contributed by atoms with van der Waals surface area (Å²) in [5.74, 6) is -0.676. The molecule has 5 rings (SSSR count). The van der Waals surface area contributed by atoms with Crippen molar-refractivity contribution in [3.05, 3.63) is 138 Å². The van der Waals surface area contributed by atoms with Crippen molar-refractivity contribution in [2.45, 2.75) is 0 Å². The Morgan fingerprint density at radius 3 is 1.79 bits per heavy atom. The lowest BCUT2D eigenvalue weighted by molar-refractivity contribution is 0.0692. The number of carboxylic acids is 1. The van der Waals surface area contributed by atoms with Crippen LogP contribution >= 0.6 is 0 Å². The molecule has 0 saturated carbocycles. The molecular formula is C32H25NO5. The quantitative estimate of drug-likeness (QED) is 0.147.